The molecule has 0 atom stereocenters. The summed E-state index contributed by atoms with van der Waals surface area (Å²) in [5.41, 5.74) is 0.453. The second kappa shape index (κ2) is 19.0. The molecule has 0 aliphatic rings. The maximum Gasteiger partial charge on any atom is 0.334 e. The van der Waals surface area contributed by atoms with E-state index in [4.69, 9.17) is 4.74 Å². The van der Waals surface area contributed by atoms with E-state index in [0.29, 0.717) is 5.57 Å². The Hall–Kier alpha value is -0.350. The Morgan fingerprint density at radius 2 is 1.26 bits per heavy atom. The first-order valence-corrected chi connectivity index (χ1v) is 11.0. The maximum absolute atomic E-state index is 11.4. The highest BCUT2D eigenvalue weighted by Gasteiger charge is 2.16. The summed E-state index contributed by atoms with van der Waals surface area (Å²) in [5, 5.41) is 3.30. The molecule has 0 saturated carbocycles. The first-order valence-electron chi connectivity index (χ1n) is 11.0. The van der Waals surface area contributed by atoms with Crippen LogP contribution < -0.4 is 5.32 Å². The minimum Gasteiger partial charge on any atom is -0.446 e. The number of nitrogens with one attached hydrogen (secondary N) is 1. The normalized spacial score (nSPS) is 11.1. The van der Waals surface area contributed by atoms with Crippen LogP contribution in [0.15, 0.2) is 12.2 Å². The Kier molecular flexibility index (Phi) is 20.3. The lowest BCUT2D eigenvalue weighted by Crippen LogP contribution is -2.41. The maximum atomic E-state index is 11.4. The Morgan fingerprint density at radius 3 is 1.67 bits per heavy atom. The molecule has 162 valence electrons. The summed E-state index contributed by atoms with van der Waals surface area (Å²) in [6, 6.07) is 0. The molecule has 0 fully saturated rings. The largest absolute Gasteiger partial charge is 0.446 e. The average Bonchev–Trinajstić information content (AvgIpc) is 2.58. The van der Waals surface area contributed by atoms with Crippen molar-refractivity contribution in [2.45, 2.75) is 123 Å². The zero-order chi connectivity index (χ0) is 19.7. The lowest BCUT2D eigenvalue weighted by Gasteiger charge is -2.26. The van der Waals surface area contributed by atoms with Crippen LogP contribution in [0.5, 0.6) is 0 Å². The standard InChI is InChI=1S/C23H45NO2.BrH/c1-6-7-8-9-10-11-12-13-14-15-16-17-18-19-23(4,5)24-20-26-22(25)21(2)3;/h24H,2,6-20H2,1,3-5H3;1H. The summed E-state index contributed by atoms with van der Waals surface area (Å²) in [6.45, 7) is 12.1. The van der Waals surface area contributed by atoms with Crippen molar-refractivity contribution in [3.05, 3.63) is 12.2 Å². The van der Waals surface area contributed by atoms with E-state index in [-0.39, 0.29) is 35.2 Å². The van der Waals surface area contributed by atoms with E-state index in [9.17, 15) is 4.79 Å². The average molecular weight is 449 g/mol. The molecule has 4 heteroatoms. The van der Waals surface area contributed by atoms with Gasteiger partial charge < -0.3 is 4.74 Å². The van der Waals surface area contributed by atoms with E-state index in [1.807, 2.05) is 0 Å². The van der Waals surface area contributed by atoms with E-state index >= 15 is 0 Å². The van der Waals surface area contributed by atoms with Crippen molar-refractivity contribution in [2.75, 3.05) is 6.73 Å². The fourth-order valence-corrected chi connectivity index (χ4v) is 3.09. The summed E-state index contributed by atoms with van der Waals surface area (Å²) in [4.78, 5) is 11.4. The van der Waals surface area contributed by atoms with Gasteiger partial charge in [0.15, 0.2) is 0 Å². The van der Waals surface area contributed by atoms with Gasteiger partial charge in [0.2, 0.25) is 0 Å². The molecular formula is C23H46BrNO2. The van der Waals surface area contributed by atoms with Crippen molar-refractivity contribution in [3.63, 3.8) is 0 Å². The van der Waals surface area contributed by atoms with Gasteiger partial charge in [0.25, 0.3) is 0 Å². The van der Waals surface area contributed by atoms with Crippen LogP contribution >= 0.6 is 17.0 Å². The molecule has 0 rings (SSSR count). The first-order chi connectivity index (χ1) is 12.4. The van der Waals surface area contributed by atoms with Crippen molar-refractivity contribution in [3.8, 4) is 0 Å². The Morgan fingerprint density at radius 1 is 0.852 bits per heavy atom. The lowest BCUT2D eigenvalue weighted by molar-refractivity contribution is -0.140. The van der Waals surface area contributed by atoms with Crippen LogP contribution in [0.1, 0.15) is 118 Å². The third-order valence-electron chi connectivity index (χ3n) is 5.01. The molecule has 3 nitrogen and oxygen atoms in total. The van der Waals surface area contributed by atoms with Crippen LogP contribution in [0.3, 0.4) is 0 Å². The second-order valence-corrected chi connectivity index (χ2v) is 8.41. The molecular weight excluding hydrogens is 402 g/mol. The molecule has 0 aromatic heterocycles. The number of carbonyl (C=O) groups is 1. The molecule has 0 unspecified atom stereocenters. The minimum atomic E-state index is -0.325. The SMILES string of the molecule is Br.C=C(C)C(=O)OCNC(C)(C)CCCCCCCCCCCCCCC. The van der Waals surface area contributed by atoms with Gasteiger partial charge in [0.05, 0.1) is 0 Å². The third kappa shape index (κ3) is 20.2. The van der Waals surface area contributed by atoms with Crippen LogP contribution in [0, 0.1) is 0 Å². The second-order valence-electron chi connectivity index (χ2n) is 8.41. The number of hydrogen-bond acceptors (Lipinski definition) is 3. The molecule has 27 heavy (non-hydrogen) atoms. The monoisotopic (exact) mass is 447 g/mol. The molecule has 0 aromatic rings. The zero-order valence-electron chi connectivity index (χ0n) is 18.5. The summed E-state index contributed by atoms with van der Waals surface area (Å²) in [7, 11) is 0. The van der Waals surface area contributed by atoms with Crippen molar-refractivity contribution < 1.29 is 9.53 Å². The minimum absolute atomic E-state index is 0. The van der Waals surface area contributed by atoms with Crippen molar-refractivity contribution >= 4 is 23.0 Å². The Balaban J connectivity index is 0. The van der Waals surface area contributed by atoms with Crippen molar-refractivity contribution in [2.24, 2.45) is 0 Å². The lowest BCUT2D eigenvalue weighted by atomic mass is 9.96. The van der Waals surface area contributed by atoms with E-state index in [1.54, 1.807) is 6.92 Å². The number of ether oxygens (including phenoxy) is 1. The topological polar surface area (TPSA) is 38.3 Å². The highest BCUT2D eigenvalue weighted by atomic mass is 79.9. The predicted octanol–water partition coefficient (Wildman–Crippen LogP) is 7.49. The molecule has 0 amide bonds. The van der Waals surface area contributed by atoms with Gasteiger partial charge in [-0.2, -0.15) is 0 Å². The summed E-state index contributed by atoms with van der Waals surface area (Å²) in [6.07, 6.45) is 19.1. The molecule has 0 aliphatic heterocycles. The molecule has 1 N–H and O–H groups in total. The molecule has 0 radical (unpaired) electrons. The van der Waals surface area contributed by atoms with Crippen LogP contribution in [0.25, 0.3) is 0 Å². The molecule has 0 saturated heterocycles. The van der Waals surface area contributed by atoms with Gasteiger partial charge in [0.1, 0.15) is 6.73 Å². The van der Waals surface area contributed by atoms with E-state index in [1.165, 1.54) is 83.5 Å². The van der Waals surface area contributed by atoms with Crippen LogP contribution in [-0.2, 0) is 9.53 Å². The number of halogens is 1. The Labute approximate surface area is 179 Å². The fourth-order valence-electron chi connectivity index (χ4n) is 3.09. The highest BCUT2D eigenvalue weighted by Crippen LogP contribution is 2.16. The molecule has 0 spiro atoms. The molecule has 0 heterocycles. The van der Waals surface area contributed by atoms with E-state index in [0.717, 1.165) is 6.42 Å². The number of esters is 1. The van der Waals surface area contributed by atoms with Crippen LogP contribution in [-0.4, -0.2) is 18.2 Å². The van der Waals surface area contributed by atoms with Gasteiger partial charge in [0, 0.05) is 11.1 Å². The van der Waals surface area contributed by atoms with Crippen LogP contribution in [0.4, 0.5) is 0 Å². The smallest absolute Gasteiger partial charge is 0.334 e. The van der Waals surface area contributed by atoms with Gasteiger partial charge in [-0.05, 0) is 27.2 Å². The van der Waals surface area contributed by atoms with E-state index in [2.05, 4.69) is 32.7 Å². The fraction of sp³-hybridized carbons (Fsp3) is 0.870. The quantitative estimate of drug-likeness (QED) is 0.102. The van der Waals surface area contributed by atoms with Gasteiger partial charge in [-0.3, -0.25) is 5.32 Å². The Bertz CT molecular complexity index is 369. The van der Waals surface area contributed by atoms with Crippen molar-refractivity contribution in [1.82, 2.24) is 5.32 Å². The predicted molar refractivity (Wildman–Crippen MR) is 124 cm³/mol. The molecule has 0 aromatic carbocycles. The van der Waals surface area contributed by atoms with Gasteiger partial charge >= 0.3 is 5.97 Å². The van der Waals surface area contributed by atoms with Crippen molar-refractivity contribution in [1.29, 1.82) is 0 Å². The highest BCUT2D eigenvalue weighted by molar-refractivity contribution is 8.93. The number of unbranched alkanes of at least 4 members (excludes halogenated alkanes) is 12. The summed E-state index contributed by atoms with van der Waals surface area (Å²) < 4.78 is 5.11. The third-order valence-corrected chi connectivity index (χ3v) is 5.01. The first kappa shape index (κ1) is 28.9. The van der Waals surface area contributed by atoms with Gasteiger partial charge in [-0.15, -0.1) is 17.0 Å². The van der Waals surface area contributed by atoms with E-state index < -0.39 is 0 Å². The number of rotatable bonds is 18. The summed E-state index contributed by atoms with van der Waals surface area (Å²) >= 11 is 0. The van der Waals surface area contributed by atoms with Gasteiger partial charge in [-0.1, -0.05) is 97.0 Å². The number of hydrogen-bond donors (Lipinski definition) is 1. The molecule has 0 aliphatic carbocycles. The molecule has 0 bridgehead atoms. The zero-order valence-corrected chi connectivity index (χ0v) is 20.3. The van der Waals surface area contributed by atoms with Gasteiger partial charge in [-0.25, -0.2) is 4.79 Å². The van der Waals surface area contributed by atoms with Crippen LogP contribution in [0.2, 0.25) is 0 Å². The summed E-state index contributed by atoms with van der Waals surface area (Å²) in [5.74, 6) is -0.325. The number of carbonyl (C=O) groups excluding carboxylic acids is 1.